The second-order valence-corrected chi connectivity index (χ2v) is 4.48. The number of nitrogens with zero attached hydrogens (tertiary/aromatic N) is 2. The number of aromatic nitrogens is 2. The predicted octanol–water partition coefficient (Wildman–Crippen LogP) is 2.98. The molecule has 0 fully saturated rings. The highest BCUT2D eigenvalue weighted by molar-refractivity contribution is 14.1. The number of hydrogen-bond acceptors (Lipinski definition) is 3. The second kappa shape index (κ2) is 4.32. The molecule has 2 rings (SSSR count). The summed E-state index contributed by atoms with van der Waals surface area (Å²) in [6, 6.07) is 7.42. The van der Waals surface area contributed by atoms with Gasteiger partial charge >= 0.3 is 0 Å². The van der Waals surface area contributed by atoms with Crippen molar-refractivity contribution in [3.05, 3.63) is 39.1 Å². The molecule has 1 heterocycles. The number of nitrogen functional groups attached to an aromatic ring is 1. The second-order valence-electron chi connectivity index (χ2n) is 2.91. The Kier molecular flexibility index (Phi) is 3.06. The van der Waals surface area contributed by atoms with Crippen molar-refractivity contribution >= 4 is 40.0 Å². The lowest BCUT2D eigenvalue weighted by Crippen LogP contribution is -1.98. The Morgan fingerprint density at radius 3 is 2.67 bits per heavy atom. The Morgan fingerprint density at radius 2 is 2.00 bits per heavy atom. The number of benzene rings is 1. The van der Waals surface area contributed by atoms with Crippen molar-refractivity contribution in [1.82, 2.24) is 9.97 Å². The van der Waals surface area contributed by atoms with Crippen molar-refractivity contribution < 1.29 is 0 Å². The highest BCUT2D eigenvalue weighted by atomic mass is 127. The van der Waals surface area contributed by atoms with E-state index in [1.165, 1.54) is 0 Å². The smallest absolute Gasteiger partial charge is 0.163 e. The molecule has 3 nitrogen and oxygen atoms in total. The van der Waals surface area contributed by atoms with E-state index in [-0.39, 0.29) is 0 Å². The molecule has 0 atom stereocenters. The van der Waals surface area contributed by atoms with Crippen molar-refractivity contribution in [3.8, 4) is 11.4 Å². The van der Waals surface area contributed by atoms with Gasteiger partial charge in [-0.05, 0) is 34.7 Å². The fraction of sp³-hybridized carbons (Fsp3) is 0. The minimum Gasteiger partial charge on any atom is -0.383 e. The van der Waals surface area contributed by atoms with Crippen molar-refractivity contribution in [1.29, 1.82) is 0 Å². The van der Waals surface area contributed by atoms with Gasteiger partial charge in [0.2, 0.25) is 0 Å². The van der Waals surface area contributed by atoms with Gasteiger partial charge in [-0.2, -0.15) is 0 Å². The zero-order valence-electron chi connectivity index (χ0n) is 7.61. The first-order valence-electron chi connectivity index (χ1n) is 4.21. The maximum absolute atomic E-state index is 6.03. The molecule has 0 saturated heterocycles. The lowest BCUT2D eigenvalue weighted by atomic mass is 10.2. The average molecular weight is 332 g/mol. The molecule has 0 unspecified atom stereocenters. The summed E-state index contributed by atoms with van der Waals surface area (Å²) in [7, 11) is 0. The Bertz CT molecular complexity index is 502. The van der Waals surface area contributed by atoms with Crippen molar-refractivity contribution in [2.45, 2.75) is 0 Å². The summed E-state index contributed by atoms with van der Waals surface area (Å²) >= 11 is 8.11. The van der Waals surface area contributed by atoms with E-state index in [1.807, 2.05) is 18.2 Å². The molecule has 0 saturated carbocycles. The molecule has 0 aliphatic rings. The highest BCUT2D eigenvalue weighted by Crippen LogP contribution is 2.25. The van der Waals surface area contributed by atoms with E-state index >= 15 is 0 Å². The Hall–Kier alpha value is -0.880. The molecule has 1 aromatic carbocycles. The van der Waals surface area contributed by atoms with Crippen LogP contribution in [0.3, 0.4) is 0 Å². The molecule has 2 aromatic rings. The van der Waals surface area contributed by atoms with Gasteiger partial charge in [-0.1, -0.05) is 23.7 Å². The normalized spacial score (nSPS) is 10.3. The summed E-state index contributed by atoms with van der Waals surface area (Å²) in [5.41, 5.74) is 6.50. The van der Waals surface area contributed by atoms with E-state index in [0.29, 0.717) is 16.7 Å². The van der Waals surface area contributed by atoms with Crippen LogP contribution in [0.2, 0.25) is 5.02 Å². The molecular formula is C10H7ClIN3. The number of nitrogens with two attached hydrogens (primary N) is 1. The van der Waals surface area contributed by atoms with Crippen LogP contribution in [0.5, 0.6) is 0 Å². The van der Waals surface area contributed by atoms with Gasteiger partial charge in [0.1, 0.15) is 5.82 Å². The van der Waals surface area contributed by atoms with Crippen LogP contribution in [0.1, 0.15) is 0 Å². The molecule has 5 heteroatoms. The maximum Gasteiger partial charge on any atom is 0.163 e. The minimum absolute atomic E-state index is 0.473. The first-order chi connectivity index (χ1) is 7.18. The van der Waals surface area contributed by atoms with Gasteiger partial charge < -0.3 is 5.73 Å². The van der Waals surface area contributed by atoms with E-state index in [1.54, 1.807) is 12.3 Å². The zero-order valence-corrected chi connectivity index (χ0v) is 10.5. The molecule has 76 valence electrons. The molecule has 2 N–H and O–H groups in total. The fourth-order valence-corrected chi connectivity index (χ4v) is 1.63. The van der Waals surface area contributed by atoms with Gasteiger partial charge in [0.15, 0.2) is 5.82 Å². The fourth-order valence-electron chi connectivity index (χ4n) is 1.15. The third kappa shape index (κ3) is 2.21. The summed E-state index contributed by atoms with van der Waals surface area (Å²) < 4.78 is 0.836. The molecule has 0 aliphatic heterocycles. The monoisotopic (exact) mass is 331 g/mol. The van der Waals surface area contributed by atoms with Crippen LogP contribution in [0.4, 0.5) is 5.82 Å². The SMILES string of the molecule is Nc1nc(-c2ccccc2Cl)ncc1I. The van der Waals surface area contributed by atoms with Gasteiger partial charge in [0, 0.05) is 11.8 Å². The third-order valence-electron chi connectivity index (χ3n) is 1.89. The summed E-state index contributed by atoms with van der Waals surface area (Å²) in [5.74, 6) is 1.03. The number of hydrogen-bond donors (Lipinski definition) is 1. The average Bonchev–Trinajstić information content (AvgIpc) is 2.23. The number of rotatable bonds is 1. The minimum atomic E-state index is 0.473. The van der Waals surface area contributed by atoms with E-state index < -0.39 is 0 Å². The summed E-state index contributed by atoms with van der Waals surface area (Å²) in [4.78, 5) is 8.37. The highest BCUT2D eigenvalue weighted by Gasteiger charge is 2.07. The van der Waals surface area contributed by atoms with Crippen molar-refractivity contribution in [3.63, 3.8) is 0 Å². The largest absolute Gasteiger partial charge is 0.383 e. The van der Waals surface area contributed by atoms with Gasteiger partial charge in [-0.3, -0.25) is 0 Å². The van der Waals surface area contributed by atoms with Crippen LogP contribution in [0.25, 0.3) is 11.4 Å². The van der Waals surface area contributed by atoms with Crippen molar-refractivity contribution in [2.24, 2.45) is 0 Å². The van der Waals surface area contributed by atoms with Gasteiger partial charge in [0.05, 0.1) is 8.59 Å². The molecular weight excluding hydrogens is 324 g/mol. The van der Waals surface area contributed by atoms with E-state index in [0.717, 1.165) is 9.13 Å². The van der Waals surface area contributed by atoms with Gasteiger partial charge in [-0.15, -0.1) is 0 Å². The van der Waals surface area contributed by atoms with Crippen LogP contribution >= 0.6 is 34.2 Å². The molecule has 1 aromatic heterocycles. The third-order valence-corrected chi connectivity index (χ3v) is 3.05. The predicted molar refractivity (Wildman–Crippen MR) is 69.6 cm³/mol. The summed E-state index contributed by atoms with van der Waals surface area (Å²) in [5, 5.41) is 0.623. The Balaban J connectivity index is 2.55. The topological polar surface area (TPSA) is 51.8 Å². The quantitative estimate of drug-likeness (QED) is 0.817. The van der Waals surface area contributed by atoms with E-state index in [2.05, 4.69) is 32.6 Å². The molecule has 0 radical (unpaired) electrons. The van der Waals surface area contributed by atoms with E-state index in [9.17, 15) is 0 Å². The standard InChI is InChI=1S/C10H7ClIN3/c11-7-4-2-1-3-6(7)10-14-5-8(12)9(13)15-10/h1-5H,(H2,13,14,15). The van der Waals surface area contributed by atoms with Gasteiger partial charge in [-0.25, -0.2) is 9.97 Å². The molecule has 0 aliphatic carbocycles. The first-order valence-corrected chi connectivity index (χ1v) is 5.67. The van der Waals surface area contributed by atoms with Crippen molar-refractivity contribution in [2.75, 3.05) is 5.73 Å². The first kappa shape index (κ1) is 10.6. The van der Waals surface area contributed by atoms with E-state index in [4.69, 9.17) is 17.3 Å². The number of halogens is 2. The molecule has 0 amide bonds. The van der Waals surface area contributed by atoms with Crippen LogP contribution in [-0.2, 0) is 0 Å². The zero-order chi connectivity index (χ0) is 10.8. The molecule has 0 spiro atoms. The Labute approximate surface area is 106 Å². The molecule has 0 bridgehead atoms. The van der Waals surface area contributed by atoms with Crippen LogP contribution in [0, 0.1) is 3.57 Å². The lowest BCUT2D eigenvalue weighted by Gasteiger charge is -2.03. The summed E-state index contributed by atoms with van der Waals surface area (Å²) in [6.07, 6.45) is 1.68. The maximum atomic E-state index is 6.03. The molecule has 15 heavy (non-hydrogen) atoms. The number of anilines is 1. The summed E-state index contributed by atoms with van der Waals surface area (Å²) in [6.45, 7) is 0. The van der Waals surface area contributed by atoms with Crippen LogP contribution in [0.15, 0.2) is 30.5 Å². The lowest BCUT2D eigenvalue weighted by molar-refractivity contribution is 1.17. The van der Waals surface area contributed by atoms with Gasteiger partial charge in [0.25, 0.3) is 0 Å². The van der Waals surface area contributed by atoms with Crippen LogP contribution in [-0.4, -0.2) is 9.97 Å². The van der Waals surface area contributed by atoms with Crippen LogP contribution < -0.4 is 5.73 Å². The Morgan fingerprint density at radius 1 is 1.27 bits per heavy atom.